The molecule has 0 saturated carbocycles. The molecule has 24 rings (SSSR count). The summed E-state index contributed by atoms with van der Waals surface area (Å²) in [6, 6.07) is 34.9. The minimum Gasteiger partial charge on any atom is -0.366 e. The number of aromatic amines is 8. The molecular weight excluding hydrogens is 1770 g/mol. The van der Waals surface area contributed by atoms with Gasteiger partial charge in [-0.2, -0.15) is 20.4 Å². The lowest BCUT2D eigenvalue weighted by molar-refractivity contribution is -0.119. The molecule has 0 radical (unpaired) electrons. The summed E-state index contributed by atoms with van der Waals surface area (Å²) in [5.41, 5.74) is 29.1. The zero-order valence-electron chi connectivity index (χ0n) is 80.4. The van der Waals surface area contributed by atoms with Gasteiger partial charge < -0.3 is 74.7 Å². The minimum absolute atomic E-state index is 0.0122. The van der Waals surface area contributed by atoms with Crippen LogP contribution in [-0.4, -0.2) is 304 Å². The maximum Gasteiger partial charge on any atom is 0.226 e. The summed E-state index contributed by atoms with van der Waals surface area (Å²) in [6.45, 7) is 24.5. The Hall–Kier alpha value is -16.2. The molecule has 10 N–H and O–H groups in total. The number of hydrogen-bond donors (Lipinski definition) is 10. The number of H-pyrrole nitrogens is 8. The summed E-state index contributed by atoms with van der Waals surface area (Å²) < 4.78 is 0. The van der Waals surface area contributed by atoms with Gasteiger partial charge in [-0.25, -0.2) is 19.9 Å². The molecule has 0 unspecified atom stereocenters. The van der Waals surface area contributed by atoms with E-state index in [4.69, 9.17) is 19.9 Å². The molecule has 2 amide bonds. The van der Waals surface area contributed by atoms with Crippen LogP contribution in [0.4, 0.5) is 34.1 Å². The third-order valence-electron chi connectivity index (χ3n) is 26.5. The molecule has 16 aromatic heterocycles. The number of pyridine rings is 8. The van der Waals surface area contributed by atoms with Crippen LogP contribution in [0.3, 0.4) is 0 Å². The van der Waals surface area contributed by atoms with Crippen molar-refractivity contribution < 1.29 is 9.59 Å². The number of nitrogens with zero attached hydrogens (tertiary/aromatic N) is 25. The third-order valence-corrected chi connectivity index (χ3v) is 26.5. The topological polar surface area (TPSA) is 420 Å². The number of fused-ring (bicyclic) bond motifs is 8. The third kappa shape index (κ3) is 19.6. The van der Waals surface area contributed by atoms with Gasteiger partial charge in [-0.05, 0) is 149 Å². The van der Waals surface area contributed by atoms with Crippen molar-refractivity contribution in [3.05, 3.63) is 208 Å². The van der Waals surface area contributed by atoms with Crippen molar-refractivity contribution in [1.29, 1.82) is 0 Å². The number of anilines is 6. The van der Waals surface area contributed by atoms with E-state index >= 15 is 0 Å². The summed E-state index contributed by atoms with van der Waals surface area (Å²) in [7, 11) is 12.7. The molecule has 714 valence electrons. The average Bonchev–Trinajstić information content (AvgIpc) is 1.63. The van der Waals surface area contributed by atoms with Crippen LogP contribution in [0.25, 0.3) is 178 Å². The number of hydrogen-bond acceptors (Lipinski definition) is 27. The number of carbonyl (C=O) groups excluding carboxylic acids is 2. The highest BCUT2D eigenvalue weighted by molar-refractivity contribution is 6.03. The van der Waals surface area contributed by atoms with Crippen molar-refractivity contribution in [1.82, 2.24) is 145 Å². The Morgan fingerprint density at radius 2 is 0.645 bits per heavy atom. The van der Waals surface area contributed by atoms with Gasteiger partial charge in [-0.1, -0.05) is 58.0 Å². The standard InChI is InChI=1S/C28H31N9O.C27H29N9O.C26H29N9.C23H22N8/c1-17(2)10-25(38)31-20-11-19(13-29-14-20)18-4-5-22-21(12-18)26(35-34-22)28-32-23-15-30-16-24(27(23)33-28)37-8-6-36(3)7-9-37;1-16(2)27(37)30-19-10-18(12-28-13-19)17-4-5-21-20(11-17)24(34-33-21)26-31-22-14-29-15-23(25(22)32-26)36-8-6-35(3)7-9-36;1-33(2)16-17-10-19(13-27-12-17)18-4-5-21-20(11-18)24(32-31-21)26-29-22-14-28-15-23(25(22)30-26)35-8-6-34(3)7-9-35;1-30-7-9-31(10-8-30)20-14-25-13-19-22(20)27-23(26-19)21-17-11-15(4-5-18(17)28-29-21)16-3-2-6-24-12-16/h4-5,11-17H,6-10H2,1-3H3,(H,31,38)(H,32,33)(H,34,35);4-5,10-16H,6-9H2,1-3H3,(H,30,37)(H,31,32)(H,33,34);4-5,10-15H,6-9,16H2,1-3H3,(H,29,30)(H,31,32);2-6,11-14H,7-10H2,1H3,(H,26,27)(H,28,29). The van der Waals surface area contributed by atoms with Crippen LogP contribution in [0.1, 0.15) is 39.7 Å². The zero-order valence-corrected chi connectivity index (χ0v) is 80.4. The SMILES string of the molecule is CC(C)C(=O)Nc1cncc(-c2ccc3[nH]nc(-c4nc5c(N6CCN(C)CC6)cncc5[nH]4)c3c2)c1.CC(C)CC(=O)Nc1cncc(-c2ccc3[nH]nc(-c4nc5c(N6CCN(C)CC6)cncc5[nH]4)c3c2)c1.CN(C)Cc1cncc(-c2ccc3[nH]nc(-c4nc5c(N6CCN(C)CC6)cncc5[nH]4)c3c2)c1.CN1CCN(c2cncc3[nH]c(-c4n[nH]c5ccc(-c6cccnc6)cc45)nc23)CC1. The maximum atomic E-state index is 12.3. The van der Waals surface area contributed by atoms with Crippen molar-refractivity contribution in [2.75, 3.05) is 177 Å². The number of likely N-dealkylation sites (N-methyl/N-ethyl adjacent to an activating group) is 4. The summed E-state index contributed by atoms with van der Waals surface area (Å²) >= 11 is 0. The van der Waals surface area contributed by atoms with Crippen LogP contribution in [0, 0.1) is 11.8 Å². The van der Waals surface area contributed by atoms with Gasteiger partial charge in [0.25, 0.3) is 0 Å². The second-order valence-corrected chi connectivity index (χ2v) is 37.8. The predicted octanol–water partition coefficient (Wildman–Crippen LogP) is 14.9. The average molecular weight is 1880 g/mol. The quantitative estimate of drug-likeness (QED) is 0.0359. The number of imidazole rings is 4. The fraction of sp³-hybridized carbons (Fsp3) is 0.288. The first-order valence-electron chi connectivity index (χ1n) is 47.8. The van der Waals surface area contributed by atoms with E-state index in [9.17, 15) is 9.59 Å². The fourth-order valence-corrected chi connectivity index (χ4v) is 18.6. The van der Waals surface area contributed by atoms with Crippen molar-refractivity contribution in [2.45, 2.75) is 40.7 Å². The Morgan fingerprint density at radius 3 is 0.965 bits per heavy atom. The van der Waals surface area contributed by atoms with Gasteiger partial charge in [-0.3, -0.25) is 69.9 Å². The number of rotatable bonds is 19. The van der Waals surface area contributed by atoms with E-state index in [1.807, 2.05) is 144 Å². The molecular formula is C104H111N35O2. The summed E-state index contributed by atoms with van der Waals surface area (Å²) in [6.07, 6.45) is 29.8. The number of carbonyl (C=O) groups is 2. The molecule has 0 bridgehead atoms. The van der Waals surface area contributed by atoms with Gasteiger partial charge in [0.15, 0.2) is 23.3 Å². The van der Waals surface area contributed by atoms with Crippen molar-refractivity contribution in [3.8, 4) is 90.6 Å². The van der Waals surface area contributed by atoms with Crippen LogP contribution in [-0.2, 0) is 16.1 Å². The first-order chi connectivity index (χ1) is 68.7. The lowest BCUT2D eigenvalue weighted by atomic mass is 10.0. The number of nitrogens with one attached hydrogen (secondary N) is 10. The molecule has 4 aliphatic heterocycles. The van der Waals surface area contributed by atoms with Crippen LogP contribution in [0.2, 0.25) is 0 Å². The number of amides is 2. The molecule has 20 aromatic rings. The first kappa shape index (κ1) is 91.2. The van der Waals surface area contributed by atoms with Gasteiger partial charge in [0.05, 0.1) is 140 Å². The highest BCUT2D eigenvalue weighted by atomic mass is 16.2. The lowest BCUT2D eigenvalue weighted by Crippen LogP contribution is -2.44. The van der Waals surface area contributed by atoms with E-state index < -0.39 is 0 Å². The van der Waals surface area contributed by atoms with Gasteiger partial charge in [0, 0.05) is 205 Å². The van der Waals surface area contributed by atoms with Gasteiger partial charge in [0.1, 0.15) is 44.8 Å². The Bertz CT molecular complexity index is 7900. The van der Waals surface area contributed by atoms with Crippen LogP contribution in [0.5, 0.6) is 0 Å². The maximum absolute atomic E-state index is 12.3. The fourth-order valence-electron chi connectivity index (χ4n) is 18.6. The van der Waals surface area contributed by atoms with E-state index in [1.54, 1.807) is 31.0 Å². The number of benzene rings is 4. The van der Waals surface area contributed by atoms with E-state index in [1.165, 1.54) is 5.56 Å². The molecule has 4 fully saturated rings. The molecule has 4 saturated heterocycles. The molecule has 37 heteroatoms. The first-order valence-corrected chi connectivity index (χ1v) is 47.8. The molecule has 37 nitrogen and oxygen atoms in total. The normalized spacial score (nSPS) is 14.8. The zero-order chi connectivity index (χ0) is 96.5. The highest BCUT2D eigenvalue weighted by Gasteiger charge is 2.28. The second-order valence-electron chi connectivity index (χ2n) is 37.8. The smallest absolute Gasteiger partial charge is 0.226 e. The lowest BCUT2D eigenvalue weighted by Gasteiger charge is -2.33. The van der Waals surface area contributed by atoms with Crippen molar-refractivity contribution in [2.24, 2.45) is 11.8 Å². The Labute approximate surface area is 812 Å². The number of aromatic nitrogens is 24. The molecule has 0 spiro atoms. The van der Waals surface area contributed by atoms with E-state index in [2.05, 4.69) is 252 Å². The van der Waals surface area contributed by atoms with Gasteiger partial charge >= 0.3 is 0 Å². The molecule has 20 heterocycles. The monoisotopic (exact) mass is 1880 g/mol. The van der Waals surface area contributed by atoms with E-state index in [-0.39, 0.29) is 17.7 Å². The predicted molar refractivity (Wildman–Crippen MR) is 557 cm³/mol. The van der Waals surface area contributed by atoms with E-state index in [0.717, 1.165) is 301 Å². The van der Waals surface area contributed by atoms with Gasteiger partial charge in [0.2, 0.25) is 11.8 Å². The van der Waals surface area contributed by atoms with Crippen LogP contribution >= 0.6 is 0 Å². The van der Waals surface area contributed by atoms with Crippen molar-refractivity contribution >= 4 is 134 Å². The van der Waals surface area contributed by atoms with Crippen molar-refractivity contribution in [3.63, 3.8) is 0 Å². The number of piperazine rings is 4. The van der Waals surface area contributed by atoms with Crippen LogP contribution in [0.15, 0.2) is 202 Å². The Morgan fingerprint density at radius 1 is 0.333 bits per heavy atom. The summed E-state index contributed by atoms with van der Waals surface area (Å²) in [5.74, 6) is 3.00. The molecule has 4 aromatic carbocycles. The summed E-state index contributed by atoms with van der Waals surface area (Å²) in [4.78, 5) is 114. The Kier molecular flexibility index (Phi) is 25.7. The Balaban J connectivity index is 0.000000112. The van der Waals surface area contributed by atoms with Gasteiger partial charge in [-0.15, -0.1) is 0 Å². The minimum atomic E-state index is -0.107. The van der Waals surface area contributed by atoms with E-state index in [0.29, 0.717) is 35.4 Å². The largest absolute Gasteiger partial charge is 0.366 e. The van der Waals surface area contributed by atoms with Crippen LogP contribution < -0.4 is 30.2 Å². The highest BCUT2D eigenvalue weighted by Crippen LogP contribution is 2.40. The summed E-state index contributed by atoms with van der Waals surface area (Å²) in [5, 5.41) is 40.8. The molecule has 0 aliphatic carbocycles. The second kappa shape index (κ2) is 39.7. The molecule has 0 atom stereocenters. The molecule has 4 aliphatic rings. The molecule has 141 heavy (non-hydrogen) atoms.